The Labute approximate surface area is 130 Å². The molecule has 4 fully saturated rings. The Balaban J connectivity index is 1.53. The number of ether oxygens (including phenoxy) is 3. The van der Waals surface area contributed by atoms with E-state index in [9.17, 15) is 9.59 Å². The quantitative estimate of drug-likeness (QED) is 0.549. The molecule has 5 heteroatoms. The Morgan fingerprint density at radius 1 is 1.41 bits per heavy atom. The predicted octanol–water partition coefficient (Wildman–Crippen LogP) is 2.20. The first-order valence-corrected chi connectivity index (χ1v) is 8.08. The van der Waals surface area contributed by atoms with Crippen molar-refractivity contribution in [2.45, 2.75) is 51.4 Å². The standard InChI is InChI=1S/C17H22O5/c1-9-6-17(22-15(9)19)7-16(8-20-17)12-4-13(16)10(2)14(5-12)21-11(3)18/h9,12-14H,2,4-8H2,1,3H3/t9-,12+,13-,14-,16-,17-/m1/s1. The molecule has 2 saturated heterocycles. The minimum Gasteiger partial charge on any atom is -0.458 e. The van der Waals surface area contributed by atoms with Gasteiger partial charge in [0.25, 0.3) is 0 Å². The lowest BCUT2D eigenvalue weighted by molar-refractivity contribution is -0.192. The molecule has 0 aromatic heterocycles. The molecule has 0 N–H and O–H groups in total. The van der Waals surface area contributed by atoms with Crippen LogP contribution in [0.25, 0.3) is 0 Å². The van der Waals surface area contributed by atoms with Crippen LogP contribution in [0.3, 0.4) is 0 Å². The van der Waals surface area contributed by atoms with Gasteiger partial charge in [0.1, 0.15) is 6.10 Å². The van der Waals surface area contributed by atoms with Gasteiger partial charge >= 0.3 is 11.9 Å². The summed E-state index contributed by atoms with van der Waals surface area (Å²) in [6, 6.07) is 0. The molecule has 0 aromatic carbocycles. The first-order chi connectivity index (χ1) is 10.4. The van der Waals surface area contributed by atoms with Crippen LogP contribution in [0.15, 0.2) is 12.2 Å². The van der Waals surface area contributed by atoms with Crippen molar-refractivity contribution >= 4 is 11.9 Å². The molecule has 0 aromatic rings. The average molecular weight is 306 g/mol. The fourth-order valence-electron chi connectivity index (χ4n) is 5.12. The summed E-state index contributed by atoms with van der Waals surface area (Å²) in [4.78, 5) is 23.0. The van der Waals surface area contributed by atoms with Gasteiger partial charge in [0, 0.05) is 25.2 Å². The topological polar surface area (TPSA) is 61.8 Å². The van der Waals surface area contributed by atoms with E-state index < -0.39 is 5.79 Å². The Bertz CT molecular complexity index is 569. The van der Waals surface area contributed by atoms with E-state index in [0.717, 1.165) is 24.8 Å². The molecule has 0 unspecified atom stereocenters. The monoisotopic (exact) mass is 306 g/mol. The number of carbonyl (C=O) groups is 2. The van der Waals surface area contributed by atoms with Crippen molar-refractivity contribution in [1.29, 1.82) is 0 Å². The first-order valence-electron chi connectivity index (χ1n) is 8.08. The largest absolute Gasteiger partial charge is 0.458 e. The van der Waals surface area contributed by atoms with Gasteiger partial charge in [-0.1, -0.05) is 13.5 Å². The summed E-state index contributed by atoms with van der Waals surface area (Å²) in [6.45, 7) is 8.14. The van der Waals surface area contributed by atoms with E-state index in [1.165, 1.54) is 6.92 Å². The molecule has 2 spiro atoms. The fourth-order valence-corrected chi connectivity index (χ4v) is 5.12. The van der Waals surface area contributed by atoms with Crippen molar-refractivity contribution < 1.29 is 23.8 Å². The number of esters is 2. The van der Waals surface area contributed by atoms with E-state index >= 15 is 0 Å². The molecule has 6 atom stereocenters. The molecule has 4 aliphatic rings. The van der Waals surface area contributed by atoms with Crippen molar-refractivity contribution in [3.8, 4) is 0 Å². The zero-order valence-corrected chi connectivity index (χ0v) is 13.1. The maximum absolute atomic E-state index is 11.8. The third-order valence-electron chi connectivity index (χ3n) is 6.20. The maximum Gasteiger partial charge on any atom is 0.311 e. The van der Waals surface area contributed by atoms with Crippen molar-refractivity contribution in [3.05, 3.63) is 12.2 Å². The highest BCUT2D eigenvalue weighted by molar-refractivity contribution is 5.74. The highest BCUT2D eigenvalue weighted by atomic mass is 16.7. The van der Waals surface area contributed by atoms with Crippen molar-refractivity contribution in [2.75, 3.05) is 6.61 Å². The van der Waals surface area contributed by atoms with Gasteiger partial charge in [0.15, 0.2) is 0 Å². The highest BCUT2D eigenvalue weighted by Crippen LogP contribution is 2.68. The second-order valence-electron chi connectivity index (χ2n) is 7.53. The molecule has 2 aliphatic heterocycles. The van der Waals surface area contributed by atoms with E-state index in [2.05, 4.69) is 6.58 Å². The third-order valence-corrected chi connectivity index (χ3v) is 6.20. The van der Waals surface area contributed by atoms with Crippen LogP contribution in [0.4, 0.5) is 0 Å². The van der Waals surface area contributed by atoms with Gasteiger partial charge in [-0.3, -0.25) is 9.59 Å². The normalized spacial score (nSPS) is 49.4. The van der Waals surface area contributed by atoms with Gasteiger partial charge in [0.05, 0.1) is 12.5 Å². The lowest BCUT2D eigenvalue weighted by atomic mass is 9.44. The van der Waals surface area contributed by atoms with Gasteiger partial charge in [-0.25, -0.2) is 0 Å². The molecule has 2 aliphatic carbocycles. The zero-order valence-electron chi connectivity index (χ0n) is 13.1. The minimum absolute atomic E-state index is 0.0259. The Hall–Kier alpha value is -1.36. The van der Waals surface area contributed by atoms with Crippen LogP contribution in [-0.2, 0) is 23.8 Å². The van der Waals surface area contributed by atoms with E-state index in [1.807, 2.05) is 6.92 Å². The number of hydrogen-bond acceptors (Lipinski definition) is 5. The Morgan fingerprint density at radius 2 is 2.18 bits per heavy atom. The van der Waals surface area contributed by atoms with Crippen molar-refractivity contribution in [3.63, 3.8) is 0 Å². The summed E-state index contributed by atoms with van der Waals surface area (Å²) >= 11 is 0. The molecule has 120 valence electrons. The van der Waals surface area contributed by atoms with E-state index in [1.54, 1.807) is 0 Å². The number of carbonyl (C=O) groups excluding carboxylic acids is 2. The van der Waals surface area contributed by atoms with Gasteiger partial charge in [-0.2, -0.15) is 0 Å². The number of rotatable bonds is 1. The molecule has 22 heavy (non-hydrogen) atoms. The molecule has 2 bridgehead atoms. The average Bonchev–Trinajstić information content (AvgIpc) is 2.94. The van der Waals surface area contributed by atoms with E-state index in [4.69, 9.17) is 14.2 Å². The fraction of sp³-hybridized carbons (Fsp3) is 0.765. The summed E-state index contributed by atoms with van der Waals surface area (Å²) in [5, 5.41) is 0. The lowest BCUT2D eigenvalue weighted by Crippen LogP contribution is -2.58. The second-order valence-corrected chi connectivity index (χ2v) is 7.53. The first kappa shape index (κ1) is 14.2. The summed E-state index contributed by atoms with van der Waals surface area (Å²) in [6.07, 6.45) is 3.15. The SMILES string of the molecule is C=C1[C@H]2C[C@@H](C[C@H]1OC(C)=O)[C@@]21CO[C@@]2(C[C@@H](C)C(=O)O2)C1. The highest BCUT2D eigenvalue weighted by Gasteiger charge is 2.69. The Kier molecular flexibility index (Phi) is 2.81. The van der Waals surface area contributed by atoms with Crippen molar-refractivity contribution in [1.82, 2.24) is 0 Å². The van der Waals surface area contributed by atoms with Gasteiger partial charge in [-0.15, -0.1) is 0 Å². The molecular formula is C17H22O5. The molecule has 2 saturated carbocycles. The lowest BCUT2D eigenvalue weighted by Gasteiger charge is -2.60. The van der Waals surface area contributed by atoms with Crippen LogP contribution in [0, 0.1) is 23.2 Å². The smallest absolute Gasteiger partial charge is 0.311 e. The molecular weight excluding hydrogens is 284 g/mol. The second kappa shape index (κ2) is 4.34. The van der Waals surface area contributed by atoms with Gasteiger partial charge < -0.3 is 14.2 Å². The van der Waals surface area contributed by atoms with Crippen molar-refractivity contribution in [2.24, 2.45) is 23.2 Å². The molecule has 2 heterocycles. The van der Waals surface area contributed by atoms with Crippen LogP contribution >= 0.6 is 0 Å². The molecule has 5 nitrogen and oxygen atoms in total. The molecule has 0 amide bonds. The summed E-state index contributed by atoms with van der Waals surface area (Å²) in [7, 11) is 0. The molecule has 0 radical (unpaired) electrons. The maximum atomic E-state index is 11.8. The van der Waals surface area contributed by atoms with Gasteiger partial charge in [-0.05, 0) is 30.3 Å². The zero-order chi connectivity index (χ0) is 15.7. The third kappa shape index (κ3) is 1.75. The van der Waals surface area contributed by atoms with E-state index in [-0.39, 0.29) is 29.4 Å². The summed E-state index contributed by atoms with van der Waals surface area (Å²) in [5.74, 6) is -0.447. The molecule has 4 rings (SSSR count). The van der Waals surface area contributed by atoms with Gasteiger partial charge in [0.2, 0.25) is 5.79 Å². The number of fused-ring (bicyclic) bond motifs is 4. The van der Waals surface area contributed by atoms with Crippen LogP contribution < -0.4 is 0 Å². The minimum atomic E-state index is -0.720. The van der Waals surface area contributed by atoms with Crippen LogP contribution in [0.5, 0.6) is 0 Å². The number of hydrogen-bond donors (Lipinski definition) is 0. The van der Waals surface area contributed by atoms with Crippen LogP contribution in [0.1, 0.15) is 39.5 Å². The van der Waals surface area contributed by atoms with E-state index in [0.29, 0.717) is 24.9 Å². The van der Waals surface area contributed by atoms with Crippen LogP contribution in [-0.4, -0.2) is 30.4 Å². The summed E-state index contributed by atoms with van der Waals surface area (Å²) in [5.41, 5.74) is 1.04. The summed E-state index contributed by atoms with van der Waals surface area (Å²) < 4.78 is 17.0. The predicted molar refractivity (Wildman–Crippen MR) is 76.5 cm³/mol. The van der Waals surface area contributed by atoms with Crippen LogP contribution in [0.2, 0.25) is 0 Å². The Morgan fingerprint density at radius 3 is 2.77 bits per heavy atom.